The number of thiocarbonyl (C=S) groups is 1. The van der Waals surface area contributed by atoms with Crippen molar-refractivity contribution in [2.24, 2.45) is 5.73 Å². The Morgan fingerprint density at radius 3 is 2.59 bits per heavy atom. The zero-order valence-electron chi connectivity index (χ0n) is 9.26. The minimum Gasteiger partial charge on any atom is -0.392 e. The lowest BCUT2D eigenvalue weighted by atomic mass is 10.2. The Balaban J connectivity index is 2.87. The number of benzene rings is 1. The van der Waals surface area contributed by atoms with Crippen LogP contribution in [0.3, 0.4) is 0 Å². The Morgan fingerprint density at radius 2 is 2.06 bits per heavy atom. The second-order valence-electron chi connectivity index (χ2n) is 3.57. The summed E-state index contributed by atoms with van der Waals surface area (Å²) in [4.78, 5) is 0.134. The topological polar surface area (TPSA) is 63.4 Å². The molecule has 0 spiro atoms. The van der Waals surface area contributed by atoms with Crippen LogP contribution < -0.4 is 5.73 Å². The molecule has 0 aliphatic rings. The number of nitrogens with zero attached hydrogens (tertiary/aromatic N) is 1. The summed E-state index contributed by atoms with van der Waals surface area (Å²) in [7, 11) is -2.01. The Bertz CT molecular complexity index is 517. The minimum absolute atomic E-state index is 0.0299. The van der Waals surface area contributed by atoms with Gasteiger partial charge in [0.25, 0.3) is 0 Å². The van der Waals surface area contributed by atoms with Gasteiger partial charge in [0, 0.05) is 12.1 Å². The van der Waals surface area contributed by atoms with Gasteiger partial charge in [-0.2, -0.15) is 4.31 Å². The molecule has 1 rings (SSSR count). The molecule has 7 heteroatoms. The molecule has 0 saturated carbocycles. The average Bonchev–Trinajstić information content (AvgIpc) is 2.20. The second-order valence-corrected chi connectivity index (χ2v) is 6.58. The average molecular weight is 293 g/mol. The molecular weight excluding hydrogens is 280 g/mol. The lowest BCUT2D eigenvalue weighted by Crippen LogP contribution is -2.35. The van der Waals surface area contributed by atoms with E-state index in [0.29, 0.717) is 10.6 Å². The summed E-state index contributed by atoms with van der Waals surface area (Å²) in [5, 5.41) is 0.430. The van der Waals surface area contributed by atoms with Crippen molar-refractivity contribution in [3.8, 4) is 0 Å². The molecule has 17 heavy (non-hydrogen) atoms. The molecule has 0 atom stereocenters. The fourth-order valence-electron chi connectivity index (χ4n) is 1.24. The van der Waals surface area contributed by atoms with Crippen molar-refractivity contribution in [1.82, 2.24) is 4.31 Å². The number of sulfonamides is 1. The zero-order valence-corrected chi connectivity index (χ0v) is 11.6. The Kier molecular flexibility index (Phi) is 4.88. The standard InChI is InChI=1S/C10H13ClN2O2S2/c1-13(6-10(12)16)17(14,15)7-8-4-2-3-5-9(8)11/h2-5H,6-7H2,1H3,(H2,12,16). The molecule has 0 heterocycles. The van der Waals surface area contributed by atoms with Gasteiger partial charge in [0.2, 0.25) is 10.0 Å². The first-order valence-corrected chi connectivity index (χ1v) is 7.18. The summed E-state index contributed by atoms with van der Waals surface area (Å²) < 4.78 is 25.0. The second kappa shape index (κ2) is 5.77. The lowest BCUT2D eigenvalue weighted by molar-refractivity contribution is 0.505. The van der Waals surface area contributed by atoms with E-state index in [-0.39, 0.29) is 17.3 Å². The maximum atomic E-state index is 11.9. The molecule has 4 nitrogen and oxygen atoms in total. The van der Waals surface area contributed by atoms with Gasteiger partial charge in [-0.3, -0.25) is 0 Å². The van der Waals surface area contributed by atoms with E-state index >= 15 is 0 Å². The molecule has 0 aromatic heterocycles. The van der Waals surface area contributed by atoms with Crippen molar-refractivity contribution >= 4 is 38.8 Å². The van der Waals surface area contributed by atoms with Gasteiger partial charge < -0.3 is 5.73 Å². The molecule has 1 aromatic carbocycles. The Hall–Kier alpha value is -0.690. The van der Waals surface area contributed by atoms with Gasteiger partial charge in [-0.05, 0) is 11.6 Å². The summed E-state index contributed by atoms with van der Waals surface area (Å²) >= 11 is 10.6. The van der Waals surface area contributed by atoms with E-state index in [9.17, 15) is 8.42 Å². The van der Waals surface area contributed by atoms with Crippen molar-refractivity contribution < 1.29 is 8.42 Å². The molecular formula is C10H13ClN2O2S2. The first-order chi connectivity index (χ1) is 7.83. The van der Waals surface area contributed by atoms with Crippen LogP contribution >= 0.6 is 23.8 Å². The highest BCUT2D eigenvalue weighted by Crippen LogP contribution is 2.18. The van der Waals surface area contributed by atoms with Crippen molar-refractivity contribution in [3.05, 3.63) is 34.9 Å². The maximum absolute atomic E-state index is 11.9. The third-order valence-electron chi connectivity index (χ3n) is 2.15. The van der Waals surface area contributed by atoms with E-state index in [2.05, 4.69) is 12.2 Å². The number of likely N-dealkylation sites (N-methyl/N-ethyl adjacent to an activating group) is 1. The smallest absolute Gasteiger partial charge is 0.218 e. The normalized spacial score (nSPS) is 11.7. The number of halogens is 1. The zero-order chi connectivity index (χ0) is 13.1. The van der Waals surface area contributed by atoms with Crippen LogP contribution in [0.15, 0.2) is 24.3 Å². The van der Waals surface area contributed by atoms with Crippen LogP contribution in [0.2, 0.25) is 5.02 Å². The quantitative estimate of drug-likeness (QED) is 0.833. The Labute approximate surface area is 111 Å². The highest BCUT2D eigenvalue weighted by molar-refractivity contribution is 7.88. The highest BCUT2D eigenvalue weighted by atomic mass is 35.5. The maximum Gasteiger partial charge on any atom is 0.218 e. The van der Waals surface area contributed by atoms with Crippen LogP contribution in [-0.2, 0) is 15.8 Å². The molecule has 1 aromatic rings. The van der Waals surface area contributed by atoms with Crippen molar-refractivity contribution in [1.29, 1.82) is 0 Å². The first-order valence-electron chi connectivity index (χ1n) is 4.78. The van der Waals surface area contributed by atoms with Crippen LogP contribution in [0.4, 0.5) is 0 Å². The number of hydrogen-bond donors (Lipinski definition) is 1. The summed E-state index contributed by atoms with van der Waals surface area (Å²) in [5.74, 6) is -0.161. The van der Waals surface area contributed by atoms with E-state index in [4.69, 9.17) is 17.3 Å². The molecule has 0 bridgehead atoms. The molecule has 0 radical (unpaired) electrons. The SMILES string of the molecule is CN(CC(N)=S)S(=O)(=O)Cc1ccccc1Cl. The van der Waals surface area contributed by atoms with Gasteiger partial charge in [-0.1, -0.05) is 42.0 Å². The van der Waals surface area contributed by atoms with Crippen LogP contribution in [0.25, 0.3) is 0 Å². The third-order valence-corrected chi connectivity index (χ3v) is 4.40. The summed E-state index contributed by atoms with van der Waals surface area (Å²) in [5.41, 5.74) is 5.87. The fraction of sp³-hybridized carbons (Fsp3) is 0.300. The Morgan fingerprint density at radius 1 is 1.47 bits per heavy atom. The molecule has 0 saturated heterocycles. The van der Waals surface area contributed by atoms with Gasteiger partial charge in [0.1, 0.15) is 0 Å². The van der Waals surface area contributed by atoms with E-state index in [1.165, 1.54) is 7.05 Å². The monoisotopic (exact) mass is 292 g/mol. The molecule has 0 aliphatic heterocycles. The fourth-order valence-corrected chi connectivity index (χ4v) is 3.00. The van der Waals surface area contributed by atoms with Gasteiger partial charge in [0.15, 0.2) is 0 Å². The number of rotatable bonds is 5. The van der Waals surface area contributed by atoms with Crippen LogP contribution in [-0.4, -0.2) is 31.3 Å². The van der Waals surface area contributed by atoms with E-state index in [1.54, 1.807) is 24.3 Å². The predicted octanol–water partition coefficient (Wildman–Crippen LogP) is 1.39. The summed E-state index contributed by atoms with van der Waals surface area (Å²) in [6, 6.07) is 6.82. The largest absolute Gasteiger partial charge is 0.392 e. The minimum atomic E-state index is -3.45. The van der Waals surface area contributed by atoms with Crippen LogP contribution in [0.1, 0.15) is 5.56 Å². The molecule has 0 fully saturated rings. The molecule has 94 valence electrons. The number of nitrogens with two attached hydrogens (primary N) is 1. The van der Waals surface area contributed by atoms with Gasteiger partial charge in [-0.25, -0.2) is 8.42 Å². The predicted molar refractivity (Wildman–Crippen MR) is 73.5 cm³/mol. The third kappa shape index (κ3) is 4.23. The van der Waals surface area contributed by atoms with Crippen molar-refractivity contribution in [3.63, 3.8) is 0 Å². The first kappa shape index (κ1) is 14.4. The molecule has 0 unspecified atom stereocenters. The van der Waals surface area contributed by atoms with Gasteiger partial charge >= 0.3 is 0 Å². The highest BCUT2D eigenvalue weighted by Gasteiger charge is 2.20. The van der Waals surface area contributed by atoms with E-state index in [1.807, 2.05) is 0 Å². The van der Waals surface area contributed by atoms with Gasteiger partial charge in [0.05, 0.1) is 17.3 Å². The van der Waals surface area contributed by atoms with Crippen LogP contribution in [0.5, 0.6) is 0 Å². The van der Waals surface area contributed by atoms with Crippen molar-refractivity contribution in [2.75, 3.05) is 13.6 Å². The summed E-state index contributed by atoms with van der Waals surface area (Å²) in [6.07, 6.45) is 0. The number of hydrogen-bond acceptors (Lipinski definition) is 3. The molecule has 0 amide bonds. The van der Waals surface area contributed by atoms with E-state index in [0.717, 1.165) is 4.31 Å². The summed E-state index contributed by atoms with van der Waals surface area (Å²) in [6.45, 7) is 0.0299. The van der Waals surface area contributed by atoms with Gasteiger partial charge in [-0.15, -0.1) is 0 Å². The lowest BCUT2D eigenvalue weighted by Gasteiger charge is -2.16. The van der Waals surface area contributed by atoms with E-state index < -0.39 is 10.0 Å². The molecule has 0 aliphatic carbocycles. The van der Waals surface area contributed by atoms with Crippen molar-refractivity contribution in [2.45, 2.75) is 5.75 Å². The van der Waals surface area contributed by atoms with Crippen LogP contribution in [0, 0.1) is 0 Å². The molecule has 2 N–H and O–H groups in total.